The molecule has 4 rings (SSSR count). The van der Waals surface area contributed by atoms with Crippen LogP contribution in [-0.4, -0.2) is 126 Å². The van der Waals surface area contributed by atoms with Crippen molar-refractivity contribution in [1.82, 2.24) is 14.6 Å². The van der Waals surface area contributed by atoms with Crippen LogP contribution >= 0.6 is 7.60 Å². The predicted octanol–water partition coefficient (Wildman–Crippen LogP) is -3.77. The summed E-state index contributed by atoms with van der Waals surface area (Å²) in [7, 11) is -3.90. The lowest BCUT2D eigenvalue weighted by molar-refractivity contribution is -0.200. The molecule has 0 amide bonds. The Kier molecular flexibility index (Phi) is 8.69. The van der Waals surface area contributed by atoms with Gasteiger partial charge >= 0.3 is 13.3 Å². The molecule has 3 saturated heterocycles. The van der Waals surface area contributed by atoms with Crippen molar-refractivity contribution in [1.29, 1.82) is 0 Å². The molecule has 16 nitrogen and oxygen atoms in total. The molecular formula is C20H32N3O13P. The van der Waals surface area contributed by atoms with Gasteiger partial charge in [0.2, 0.25) is 0 Å². The van der Waals surface area contributed by atoms with Crippen LogP contribution in [-0.2, 0) is 23.2 Å². The van der Waals surface area contributed by atoms with Gasteiger partial charge in [0.1, 0.15) is 24.4 Å². The number of aromatic amines is 1. The number of aliphatic hydroxyl groups excluding tert-OH is 6. The van der Waals surface area contributed by atoms with E-state index in [9.17, 15) is 44.8 Å². The maximum atomic E-state index is 13.5. The molecule has 17 heteroatoms. The average Bonchev–Trinajstić information content (AvgIpc) is 3.44. The van der Waals surface area contributed by atoms with Crippen molar-refractivity contribution in [2.24, 2.45) is 0 Å². The van der Waals surface area contributed by atoms with Crippen LogP contribution in [0.25, 0.3) is 0 Å². The zero-order valence-corrected chi connectivity index (χ0v) is 20.7. The van der Waals surface area contributed by atoms with Gasteiger partial charge in [0.15, 0.2) is 6.23 Å². The fourth-order valence-corrected chi connectivity index (χ4v) is 6.71. The third kappa shape index (κ3) is 5.61. The van der Waals surface area contributed by atoms with Gasteiger partial charge in [-0.25, -0.2) is 4.79 Å². The molecule has 1 unspecified atom stereocenters. The number of hydrogen-bond acceptors (Lipinski definition) is 14. The maximum absolute atomic E-state index is 13.5. The minimum absolute atomic E-state index is 0.00354. The van der Waals surface area contributed by atoms with Crippen molar-refractivity contribution in [2.45, 2.75) is 74.4 Å². The average molecular weight is 553 g/mol. The lowest BCUT2D eigenvalue weighted by Crippen LogP contribution is -2.47. The summed E-state index contributed by atoms with van der Waals surface area (Å²) >= 11 is 0. The molecular weight excluding hydrogens is 521 g/mol. The summed E-state index contributed by atoms with van der Waals surface area (Å²) in [5.74, 6) is 0. The number of hydroxylamine groups is 2. The molecule has 37 heavy (non-hydrogen) atoms. The third-order valence-corrected chi connectivity index (χ3v) is 8.77. The van der Waals surface area contributed by atoms with Crippen LogP contribution in [0.1, 0.15) is 19.6 Å². The highest BCUT2D eigenvalue weighted by molar-refractivity contribution is 7.53. The number of rotatable bonds is 10. The van der Waals surface area contributed by atoms with Crippen LogP contribution in [0.3, 0.4) is 0 Å². The lowest BCUT2D eigenvalue weighted by atomic mass is 10.0. The Morgan fingerprint density at radius 1 is 1.16 bits per heavy atom. The summed E-state index contributed by atoms with van der Waals surface area (Å²) in [4.78, 5) is 31.1. The highest BCUT2D eigenvalue weighted by Crippen LogP contribution is 2.52. The molecule has 0 bridgehead atoms. The molecule has 7 N–H and O–H groups in total. The Labute approximate surface area is 210 Å². The summed E-state index contributed by atoms with van der Waals surface area (Å²) in [6.07, 6.45) is -9.53. The number of aliphatic hydroxyl groups is 6. The first kappa shape index (κ1) is 28.5. The first-order valence-electron chi connectivity index (χ1n) is 11.8. The van der Waals surface area contributed by atoms with E-state index in [1.807, 2.05) is 4.98 Å². The van der Waals surface area contributed by atoms with Gasteiger partial charge in [0, 0.05) is 12.3 Å². The number of ether oxygens (including phenoxy) is 1. The summed E-state index contributed by atoms with van der Waals surface area (Å²) in [5.41, 5.74) is -1.51. The zero-order chi connectivity index (χ0) is 27.1. The van der Waals surface area contributed by atoms with Crippen molar-refractivity contribution in [3.05, 3.63) is 33.1 Å². The van der Waals surface area contributed by atoms with Gasteiger partial charge in [-0.2, -0.15) is 5.06 Å². The molecule has 1 aromatic rings. The summed E-state index contributed by atoms with van der Waals surface area (Å²) < 4.78 is 30.8. The highest BCUT2D eigenvalue weighted by atomic mass is 31.2. The van der Waals surface area contributed by atoms with E-state index in [1.165, 1.54) is 5.06 Å². The van der Waals surface area contributed by atoms with E-state index in [2.05, 4.69) is 0 Å². The first-order chi connectivity index (χ1) is 17.5. The molecule has 1 aromatic heterocycles. The zero-order valence-electron chi connectivity index (χ0n) is 19.8. The van der Waals surface area contributed by atoms with Crippen molar-refractivity contribution in [3.63, 3.8) is 0 Å². The molecule has 0 aromatic carbocycles. The molecule has 0 aliphatic carbocycles. The van der Waals surface area contributed by atoms with Gasteiger partial charge in [-0.05, 0) is 13.3 Å². The van der Waals surface area contributed by atoms with E-state index in [0.717, 1.165) is 16.8 Å². The number of H-pyrrole nitrogens is 1. The van der Waals surface area contributed by atoms with E-state index in [4.69, 9.17) is 18.6 Å². The van der Waals surface area contributed by atoms with Gasteiger partial charge in [-0.1, -0.05) is 0 Å². The molecule has 3 aliphatic heterocycles. The minimum Gasteiger partial charge on any atom is -0.394 e. The van der Waals surface area contributed by atoms with Gasteiger partial charge in [-0.3, -0.25) is 23.7 Å². The van der Waals surface area contributed by atoms with Crippen LogP contribution in [0.4, 0.5) is 0 Å². The van der Waals surface area contributed by atoms with Crippen molar-refractivity contribution >= 4 is 7.60 Å². The molecule has 210 valence electrons. The fourth-order valence-electron chi connectivity index (χ4n) is 4.94. The smallest absolute Gasteiger partial charge is 0.333 e. The molecule has 11 atom stereocenters. The summed E-state index contributed by atoms with van der Waals surface area (Å²) in [5, 5.41) is 61.9. The number of fused-ring (bicyclic) bond motifs is 1. The fraction of sp³-hybridized carbons (Fsp3) is 0.800. The summed E-state index contributed by atoms with van der Waals surface area (Å²) in [6.45, 7) is 0.419. The van der Waals surface area contributed by atoms with Crippen molar-refractivity contribution < 1.29 is 53.8 Å². The van der Waals surface area contributed by atoms with Crippen molar-refractivity contribution in [3.8, 4) is 0 Å². The van der Waals surface area contributed by atoms with E-state index >= 15 is 0 Å². The minimum atomic E-state index is -3.90. The van der Waals surface area contributed by atoms with Gasteiger partial charge in [-0.15, -0.1) is 0 Å². The van der Waals surface area contributed by atoms with Crippen LogP contribution in [0.15, 0.2) is 21.9 Å². The second kappa shape index (κ2) is 11.3. The number of aromatic nitrogens is 2. The molecule has 3 fully saturated rings. The van der Waals surface area contributed by atoms with E-state index in [0.29, 0.717) is 0 Å². The Morgan fingerprint density at radius 3 is 2.54 bits per heavy atom. The lowest BCUT2D eigenvalue weighted by Gasteiger charge is -2.28. The normalized spacial score (nSPS) is 38.5. The predicted molar refractivity (Wildman–Crippen MR) is 121 cm³/mol. The Morgan fingerprint density at radius 2 is 1.89 bits per heavy atom. The van der Waals surface area contributed by atoms with Crippen LogP contribution in [0.5, 0.6) is 0 Å². The second-order valence-electron chi connectivity index (χ2n) is 9.18. The second-order valence-corrected chi connectivity index (χ2v) is 11.3. The monoisotopic (exact) mass is 553 g/mol. The molecule has 0 spiro atoms. The molecule has 4 heterocycles. The number of nitrogens with zero attached hydrogens (tertiary/aromatic N) is 2. The van der Waals surface area contributed by atoms with E-state index in [-0.39, 0.29) is 19.2 Å². The van der Waals surface area contributed by atoms with Crippen molar-refractivity contribution in [2.75, 3.05) is 26.0 Å². The SMILES string of the molecule is CCOP(=O)(C[C@@H]1C[C@H]2[C@H](O)[C@@H](O)[C@H]([C@H](O)CO)N2O1)OC[C@H]1O[C@@H](n2ccc(=O)[nH]c2=O)[C@H](O)[C@@H]1O. The topological polar surface area (TPSA) is 233 Å². The number of nitrogens with one attached hydrogen (secondary N) is 1. The first-order valence-corrected chi connectivity index (χ1v) is 13.5. The Balaban J connectivity index is 1.41. The standard InChI is InChI=1S/C20H32N3O13P/c1-2-33-37(32,8-9-5-10-15(27)17(29)14(11(25)6-24)23(10)36-9)34-7-12-16(28)18(30)19(35-12)22-4-3-13(26)21-20(22)31/h3-4,9-12,14-19,24-25,27-30H,2,5-8H2,1H3,(H,21,26,31)/t9-,10-,11+,12+,14-,15-,16+,17-,18+,19+,37?/m0/s1. The van der Waals surface area contributed by atoms with Gasteiger partial charge < -0.3 is 44.4 Å². The van der Waals surface area contributed by atoms with E-state index < -0.39 is 93.1 Å². The quantitative estimate of drug-likeness (QED) is 0.138. The van der Waals surface area contributed by atoms with Crippen LogP contribution in [0, 0.1) is 0 Å². The largest absolute Gasteiger partial charge is 0.394 e. The van der Waals surface area contributed by atoms with Gasteiger partial charge in [0.25, 0.3) is 5.56 Å². The third-order valence-electron chi connectivity index (χ3n) is 6.72. The van der Waals surface area contributed by atoms with Crippen LogP contribution in [0.2, 0.25) is 0 Å². The highest BCUT2D eigenvalue weighted by Gasteiger charge is 2.56. The summed E-state index contributed by atoms with van der Waals surface area (Å²) in [6, 6.07) is -0.781. The maximum Gasteiger partial charge on any atom is 0.333 e. The van der Waals surface area contributed by atoms with Gasteiger partial charge in [0.05, 0.1) is 56.4 Å². The molecule has 0 radical (unpaired) electrons. The molecule has 3 aliphatic rings. The molecule has 0 saturated carbocycles. The Bertz CT molecular complexity index is 1100. The van der Waals surface area contributed by atoms with E-state index in [1.54, 1.807) is 6.92 Å². The Hall–Kier alpha value is -1.53. The van der Waals surface area contributed by atoms with Crippen LogP contribution < -0.4 is 11.2 Å². The number of hydrogen-bond donors (Lipinski definition) is 7.